The number of thiazole rings is 1. The summed E-state index contributed by atoms with van der Waals surface area (Å²) in [6, 6.07) is 0. The minimum absolute atomic E-state index is 0.0139. The fraction of sp³-hybridized carbons (Fsp3) is 0.400. The predicted octanol–water partition coefficient (Wildman–Crippen LogP) is 1.81. The second kappa shape index (κ2) is 4.36. The largest absolute Gasteiger partial charge is 0.359 e. The van der Waals surface area contributed by atoms with Crippen LogP contribution in [-0.2, 0) is 22.9 Å². The lowest BCUT2D eigenvalue weighted by Crippen LogP contribution is -2.15. The highest BCUT2D eigenvalue weighted by molar-refractivity contribution is 7.92. The van der Waals surface area contributed by atoms with Crippen molar-refractivity contribution in [2.24, 2.45) is 0 Å². The van der Waals surface area contributed by atoms with Crippen molar-refractivity contribution >= 4 is 27.2 Å². The molecule has 2 aromatic heterocycles. The minimum atomic E-state index is -3.65. The van der Waals surface area contributed by atoms with Gasteiger partial charge in [0.2, 0.25) is 0 Å². The molecule has 1 N–H and O–H groups in total. The summed E-state index contributed by atoms with van der Waals surface area (Å²) in [5.41, 5.74) is 2.35. The van der Waals surface area contributed by atoms with Crippen LogP contribution in [0.5, 0.6) is 0 Å². The van der Waals surface area contributed by atoms with E-state index in [2.05, 4.69) is 14.9 Å². The Morgan fingerprint density at radius 3 is 2.94 bits per heavy atom. The molecule has 8 heteroatoms. The normalized spacial score (nSPS) is 15.3. The molecule has 1 aliphatic carbocycles. The molecule has 96 valence electrons. The molecule has 0 aromatic carbocycles. The third-order valence-electron chi connectivity index (χ3n) is 2.87. The fourth-order valence-corrected chi connectivity index (χ4v) is 3.84. The van der Waals surface area contributed by atoms with Crippen molar-refractivity contribution in [2.75, 3.05) is 4.72 Å². The van der Waals surface area contributed by atoms with Crippen LogP contribution in [0, 0.1) is 0 Å². The molecule has 0 saturated heterocycles. The Hall–Kier alpha value is -1.41. The zero-order valence-corrected chi connectivity index (χ0v) is 11.1. The highest BCUT2D eigenvalue weighted by Crippen LogP contribution is 2.28. The third-order valence-corrected chi connectivity index (χ3v) is 4.84. The van der Waals surface area contributed by atoms with Crippen molar-refractivity contribution in [2.45, 2.75) is 30.7 Å². The minimum Gasteiger partial charge on any atom is -0.359 e. The molecule has 0 radical (unpaired) electrons. The number of nitrogens with one attached hydrogen (secondary N) is 1. The van der Waals surface area contributed by atoms with Crippen molar-refractivity contribution < 1.29 is 12.9 Å². The summed E-state index contributed by atoms with van der Waals surface area (Å²) in [4.78, 5) is 3.79. The Labute approximate surface area is 108 Å². The van der Waals surface area contributed by atoms with Gasteiger partial charge in [0.15, 0.2) is 10.8 Å². The highest BCUT2D eigenvalue weighted by Gasteiger charge is 2.24. The van der Waals surface area contributed by atoms with Crippen LogP contribution in [0.2, 0.25) is 0 Å². The smallest absolute Gasteiger partial charge is 0.281 e. The molecule has 0 bridgehead atoms. The maximum atomic E-state index is 12.0. The summed E-state index contributed by atoms with van der Waals surface area (Å²) < 4.78 is 31.6. The lowest BCUT2D eigenvalue weighted by atomic mass is 9.98. The number of fused-ring (bicyclic) bond motifs is 1. The first kappa shape index (κ1) is 11.7. The SMILES string of the molecule is O=S(=O)(Nc1noc2c1CCCC2)c1cscn1. The number of sulfonamides is 1. The van der Waals surface area contributed by atoms with Crippen molar-refractivity contribution in [3.8, 4) is 0 Å². The average Bonchev–Trinajstić information content (AvgIpc) is 2.99. The van der Waals surface area contributed by atoms with Gasteiger partial charge in [-0.2, -0.15) is 8.42 Å². The van der Waals surface area contributed by atoms with E-state index >= 15 is 0 Å². The third kappa shape index (κ3) is 2.01. The van der Waals surface area contributed by atoms with E-state index in [1.807, 2.05) is 0 Å². The molecule has 0 atom stereocenters. The standard InChI is InChI=1S/C10H11N3O3S2/c14-18(15,9-5-17-6-11-9)13-10-7-3-1-2-4-8(7)16-12-10/h5-6H,1-4H2,(H,12,13). The quantitative estimate of drug-likeness (QED) is 0.929. The summed E-state index contributed by atoms with van der Waals surface area (Å²) in [7, 11) is -3.65. The predicted molar refractivity (Wildman–Crippen MR) is 66.1 cm³/mol. The monoisotopic (exact) mass is 285 g/mol. The molecule has 3 rings (SSSR count). The van der Waals surface area contributed by atoms with Gasteiger partial charge in [0.05, 0.1) is 5.51 Å². The van der Waals surface area contributed by atoms with Crippen molar-refractivity contribution in [3.05, 3.63) is 22.2 Å². The van der Waals surface area contributed by atoms with Crippen molar-refractivity contribution in [1.29, 1.82) is 0 Å². The van der Waals surface area contributed by atoms with Gasteiger partial charge in [0.25, 0.3) is 10.0 Å². The van der Waals surface area contributed by atoms with Gasteiger partial charge < -0.3 is 4.52 Å². The van der Waals surface area contributed by atoms with Crippen LogP contribution in [0.25, 0.3) is 0 Å². The Kier molecular flexibility index (Phi) is 2.83. The first-order valence-corrected chi connectivity index (χ1v) is 7.98. The maximum Gasteiger partial charge on any atom is 0.281 e. The Balaban J connectivity index is 1.91. The number of hydrogen-bond donors (Lipinski definition) is 1. The van der Waals surface area contributed by atoms with Crippen LogP contribution in [0.1, 0.15) is 24.2 Å². The fourth-order valence-electron chi connectivity index (χ4n) is 1.98. The van der Waals surface area contributed by atoms with E-state index in [4.69, 9.17) is 4.52 Å². The molecule has 0 amide bonds. The molecule has 18 heavy (non-hydrogen) atoms. The van der Waals surface area contributed by atoms with Gasteiger partial charge in [0.1, 0.15) is 5.76 Å². The van der Waals surface area contributed by atoms with Crippen molar-refractivity contribution in [3.63, 3.8) is 0 Å². The first-order chi connectivity index (χ1) is 8.67. The Morgan fingerprint density at radius 1 is 1.33 bits per heavy atom. The van der Waals surface area contributed by atoms with Crippen LogP contribution >= 0.6 is 11.3 Å². The van der Waals surface area contributed by atoms with Gasteiger partial charge in [-0.15, -0.1) is 11.3 Å². The Bertz CT molecular complexity index is 646. The summed E-state index contributed by atoms with van der Waals surface area (Å²) >= 11 is 1.23. The van der Waals surface area contributed by atoms with Crippen LogP contribution < -0.4 is 4.72 Å². The van der Waals surface area contributed by atoms with E-state index in [1.54, 1.807) is 0 Å². The number of anilines is 1. The summed E-state index contributed by atoms with van der Waals surface area (Å²) in [6.07, 6.45) is 3.70. The average molecular weight is 285 g/mol. The van der Waals surface area contributed by atoms with Gasteiger partial charge in [0, 0.05) is 17.4 Å². The van der Waals surface area contributed by atoms with E-state index in [0.717, 1.165) is 37.0 Å². The van der Waals surface area contributed by atoms with E-state index < -0.39 is 10.0 Å². The van der Waals surface area contributed by atoms with Gasteiger partial charge >= 0.3 is 0 Å². The number of hydrogen-bond acceptors (Lipinski definition) is 6. The molecule has 0 unspecified atom stereocenters. The van der Waals surface area contributed by atoms with Gasteiger partial charge in [-0.25, -0.2) is 4.98 Å². The maximum absolute atomic E-state index is 12.0. The van der Waals surface area contributed by atoms with Crippen LogP contribution in [0.15, 0.2) is 20.4 Å². The number of aromatic nitrogens is 2. The van der Waals surface area contributed by atoms with Gasteiger partial charge in [-0.05, 0) is 19.3 Å². The first-order valence-electron chi connectivity index (χ1n) is 5.55. The summed E-state index contributed by atoms with van der Waals surface area (Å²) in [5.74, 6) is 1.09. The van der Waals surface area contributed by atoms with Crippen LogP contribution in [0.3, 0.4) is 0 Å². The molecule has 2 heterocycles. The van der Waals surface area contributed by atoms with Crippen molar-refractivity contribution in [1.82, 2.24) is 10.1 Å². The molecule has 0 aliphatic heterocycles. The van der Waals surface area contributed by atoms with E-state index in [-0.39, 0.29) is 5.03 Å². The van der Waals surface area contributed by atoms with E-state index in [0.29, 0.717) is 5.82 Å². The van der Waals surface area contributed by atoms with Crippen LogP contribution in [0.4, 0.5) is 5.82 Å². The zero-order chi connectivity index (χ0) is 12.6. The molecular weight excluding hydrogens is 274 g/mol. The van der Waals surface area contributed by atoms with Gasteiger partial charge in [-0.3, -0.25) is 4.72 Å². The molecule has 2 aromatic rings. The molecule has 0 spiro atoms. The lowest BCUT2D eigenvalue weighted by Gasteiger charge is -2.09. The lowest BCUT2D eigenvalue weighted by molar-refractivity contribution is 0.374. The van der Waals surface area contributed by atoms with Crippen LogP contribution in [-0.4, -0.2) is 18.6 Å². The zero-order valence-electron chi connectivity index (χ0n) is 9.42. The molecule has 1 aliphatic rings. The summed E-state index contributed by atoms with van der Waals surface area (Å²) in [5, 5.41) is 5.30. The molecule has 6 nitrogen and oxygen atoms in total. The number of nitrogens with zero attached hydrogens (tertiary/aromatic N) is 2. The van der Waals surface area contributed by atoms with Gasteiger partial charge in [-0.1, -0.05) is 5.16 Å². The molecular formula is C10H11N3O3S2. The second-order valence-corrected chi connectivity index (χ2v) is 6.42. The summed E-state index contributed by atoms with van der Waals surface area (Å²) in [6.45, 7) is 0. The number of aryl methyl sites for hydroxylation is 1. The topological polar surface area (TPSA) is 85.1 Å². The highest BCUT2D eigenvalue weighted by atomic mass is 32.2. The molecule has 0 fully saturated rings. The number of rotatable bonds is 3. The Morgan fingerprint density at radius 2 is 2.17 bits per heavy atom. The second-order valence-electron chi connectivity index (χ2n) is 4.07. The molecule has 0 saturated carbocycles. The van der Waals surface area contributed by atoms with E-state index in [9.17, 15) is 8.42 Å². The van der Waals surface area contributed by atoms with E-state index in [1.165, 1.54) is 22.2 Å².